The molecule has 0 amide bonds. The zero-order valence-electron chi connectivity index (χ0n) is 14.3. The van der Waals surface area contributed by atoms with Crippen molar-refractivity contribution in [2.75, 3.05) is 25.5 Å². The van der Waals surface area contributed by atoms with Crippen LogP contribution in [0.15, 0.2) is 23.1 Å². The van der Waals surface area contributed by atoms with Crippen molar-refractivity contribution >= 4 is 33.0 Å². The summed E-state index contributed by atoms with van der Waals surface area (Å²) in [5.74, 6) is 0.545. The highest BCUT2D eigenvalue weighted by Gasteiger charge is 2.27. The van der Waals surface area contributed by atoms with Gasteiger partial charge in [-0.15, -0.1) is 0 Å². The van der Waals surface area contributed by atoms with Crippen LogP contribution >= 0.6 is 12.2 Å². The summed E-state index contributed by atoms with van der Waals surface area (Å²) in [5.41, 5.74) is 0.540. The lowest BCUT2D eigenvalue weighted by Crippen LogP contribution is -2.35. The maximum absolute atomic E-state index is 12.7. The van der Waals surface area contributed by atoms with Gasteiger partial charge in [0.2, 0.25) is 10.0 Å². The first-order chi connectivity index (χ1) is 11.4. The van der Waals surface area contributed by atoms with E-state index in [1.54, 1.807) is 25.3 Å². The standard InChI is InChI=1S/C16H25N3O3S2/c1-4-12(2)17-16(23)18-14-11-13(7-8-15(14)22-3)24(20,21)19-9-5-6-10-19/h7-8,11-12H,4-6,9-10H2,1-3H3,(H2,17,18,23)/t12-/m0/s1. The fourth-order valence-electron chi connectivity index (χ4n) is 2.51. The lowest BCUT2D eigenvalue weighted by molar-refractivity contribution is 0.416. The van der Waals surface area contributed by atoms with E-state index in [0.717, 1.165) is 19.3 Å². The number of nitrogens with one attached hydrogen (secondary N) is 2. The molecule has 1 aliphatic heterocycles. The van der Waals surface area contributed by atoms with Crippen LogP contribution in [0.5, 0.6) is 5.75 Å². The number of ether oxygens (including phenoxy) is 1. The predicted octanol–water partition coefficient (Wildman–Crippen LogP) is 2.56. The number of thiocarbonyl (C=S) groups is 1. The average Bonchev–Trinajstić information content (AvgIpc) is 3.09. The Morgan fingerprint density at radius 3 is 2.62 bits per heavy atom. The Bertz CT molecular complexity index is 686. The van der Waals surface area contributed by atoms with Gasteiger partial charge < -0.3 is 15.4 Å². The van der Waals surface area contributed by atoms with Crippen LogP contribution < -0.4 is 15.4 Å². The van der Waals surface area contributed by atoms with E-state index in [4.69, 9.17) is 17.0 Å². The Kier molecular flexibility index (Phi) is 6.42. The Morgan fingerprint density at radius 1 is 1.38 bits per heavy atom. The van der Waals surface area contributed by atoms with Crippen LogP contribution in [0.25, 0.3) is 0 Å². The molecule has 1 aromatic rings. The number of methoxy groups -OCH3 is 1. The lowest BCUT2D eigenvalue weighted by atomic mass is 10.2. The molecule has 6 nitrogen and oxygen atoms in total. The molecule has 0 saturated carbocycles. The highest BCUT2D eigenvalue weighted by atomic mass is 32.2. The van der Waals surface area contributed by atoms with Crippen LogP contribution in [0.2, 0.25) is 0 Å². The molecule has 0 aromatic heterocycles. The lowest BCUT2D eigenvalue weighted by Gasteiger charge is -2.19. The van der Waals surface area contributed by atoms with Crippen LogP contribution in [0.1, 0.15) is 33.1 Å². The van der Waals surface area contributed by atoms with Crippen molar-refractivity contribution < 1.29 is 13.2 Å². The van der Waals surface area contributed by atoms with E-state index in [9.17, 15) is 8.42 Å². The highest BCUT2D eigenvalue weighted by Crippen LogP contribution is 2.30. The maximum Gasteiger partial charge on any atom is 0.243 e. The van der Waals surface area contributed by atoms with E-state index in [1.165, 1.54) is 4.31 Å². The number of benzene rings is 1. The third-order valence-electron chi connectivity index (χ3n) is 4.11. The summed E-state index contributed by atoms with van der Waals surface area (Å²) in [6.45, 7) is 5.24. The molecule has 0 aliphatic carbocycles. The van der Waals surface area contributed by atoms with E-state index >= 15 is 0 Å². The van der Waals surface area contributed by atoms with Crippen LogP contribution in [-0.4, -0.2) is 44.1 Å². The molecule has 1 aromatic carbocycles. The van der Waals surface area contributed by atoms with Gasteiger partial charge in [-0.05, 0) is 56.6 Å². The number of rotatable bonds is 6. The second-order valence-corrected chi connectivity index (χ2v) is 8.23. The summed E-state index contributed by atoms with van der Waals surface area (Å²) < 4.78 is 32.2. The highest BCUT2D eigenvalue weighted by molar-refractivity contribution is 7.89. The van der Waals surface area contributed by atoms with Crippen LogP contribution in [-0.2, 0) is 10.0 Å². The smallest absolute Gasteiger partial charge is 0.243 e. The third-order valence-corrected chi connectivity index (χ3v) is 6.23. The minimum absolute atomic E-state index is 0.229. The normalized spacial score (nSPS) is 16.6. The van der Waals surface area contributed by atoms with Crippen molar-refractivity contribution in [3.05, 3.63) is 18.2 Å². The Hall–Kier alpha value is -1.38. The van der Waals surface area contributed by atoms with Crippen LogP contribution in [0.3, 0.4) is 0 Å². The van der Waals surface area contributed by atoms with Gasteiger partial charge >= 0.3 is 0 Å². The van der Waals surface area contributed by atoms with Gasteiger partial charge in [0.1, 0.15) is 5.75 Å². The number of anilines is 1. The molecule has 2 rings (SSSR count). The van der Waals surface area contributed by atoms with Crippen molar-refractivity contribution in [1.29, 1.82) is 0 Å². The monoisotopic (exact) mass is 371 g/mol. The Morgan fingerprint density at radius 2 is 2.04 bits per heavy atom. The predicted molar refractivity (Wildman–Crippen MR) is 100 cm³/mol. The summed E-state index contributed by atoms with van der Waals surface area (Å²) in [6, 6.07) is 5.03. The number of sulfonamides is 1. The zero-order valence-corrected chi connectivity index (χ0v) is 16.0. The van der Waals surface area contributed by atoms with Gasteiger partial charge in [0, 0.05) is 19.1 Å². The molecule has 1 aliphatic rings. The van der Waals surface area contributed by atoms with Crippen molar-refractivity contribution in [2.24, 2.45) is 0 Å². The van der Waals surface area contributed by atoms with Gasteiger partial charge in [0.15, 0.2) is 5.11 Å². The largest absolute Gasteiger partial charge is 0.495 e. The molecular formula is C16H25N3O3S2. The van der Waals surface area contributed by atoms with E-state index in [2.05, 4.69) is 17.6 Å². The summed E-state index contributed by atoms with van der Waals surface area (Å²) in [4.78, 5) is 0.249. The van der Waals surface area contributed by atoms with Crippen LogP contribution in [0.4, 0.5) is 5.69 Å². The van der Waals surface area contributed by atoms with Gasteiger partial charge in [-0.1, -0.05) is 6.92 Å². The summed E-state index contributed by atoms with van der Waals surface area (Å²) in [5, 5.41) is 6.63. The molecule has 1 heterocycles. The molecule has 0 radical (unpaired) electrons. The minimum atomic E-state index is -3.48. The van der Waals surface area contributed by atoms with Crippen molar-refractivity contribution in [3.63, 3.8) is 0 Å². The summed E-state index contributed by atoms with van der Waals surface area (Å²) >= 11 is 5.29. The topological polar surface area (TPSA) is 70.7 Å². The molecule has 0 unspecified atom stereocenters. The molecule has 8 heteroatoms. The van der Waals surface area contributed by atoms with Gasteiger partial charge in [-0.25, -0.2) is 8.42 Å². The molecule has 1 fully saturated rings. The van der Waals surface area contributed by atoms with E-state index < -0.39 is 10.0 Å². The molecule has 1 saturated heterocycles. The second kappa shape index (κ2) is 8.13. The molecule has 0 spiro atoms. The van der Waals surface area contributed by atoms with Gasteiger partial charge in [0.25, 0.3) is 0 Å². The molecule has 24 heavy (non-hydrogen) atoms. The zero-order chi connectivity index (χ0) is 17.7. The number of hydrogen-bond donors (Lipinski definition) is 2. The van der Waals surface area contributed by atoms with E-state index in [1.807, 2.05) is 6.92 Å². The van der Waals surface area contributed by atoms with Gasteiger partial charge in [-0.2, -0.15) is 4.31 Å². The molecule has 1 atom stereocenters. The number of nitrogens with zero attached hydrogens (tertiary/aromatic N) is 1. The second-order valence-electron chi connectivity index (χ2n) is 5.88. The molecule has 2 N–H and O–H groups in total. The summed E-state index contributed by atoms with van der Waals surface area (Å²) in [7, 11) is -1.93. The first kappa shape index (κ1) is 19.0. The average molecular weight is 372 g/mol. The summed E-state index contributed by atoms with van der Waals surface area (Å²) in [6.07, 6.45) is 2.75. The Balaban J connectivity index is 2.25. The van der Waals surface area contributed by atoms with Crippen molar-refractivity contribution in [2.45, 2.75) is 44.0 Å². The third kappa shape index (κ3) is 4.37. The first-order valence-corrected chi connectivity index (χ1v) is 9.99. The Labute approximate surface area is 149 Å². The van der Waals surface area contributed by atoms with Gasteiger partial charge in [-0.3, -0.25) is 0 Å². The quantitative estimate of drug-likeness (QED) is 0.749. The van der Waals surface area contributed by atoms with Crippen molar-refractivity contribution in [3.8, 4) is 5.75 Å². The van der Waals surface area contributed by atoms with Crippen LogP contribution in [0, 0.1) is 0 Å². The maximum atomic E-state index is 12.7. The number of hydrogen-bond acceptors (Lipinski definition) is 4. The fourth-order valence-corrected chi connectivity index (χ4v) is 4.36. The SMILES string of the molecule is CC[C@H](C)NC(=S)Nc1cc(S(=O)(=O)N2CCCC2)ccc1OC. The fraction of sp³-hybridized carbons (Fsp3) is 0.562. The van der Waals surface area contributed by atoms with Gasteiger partial charge in [0.05, 0.1) is 17.7 Å². The molecular weight excluding hydrogens is 346 g/mol. The molecule has 134 valence electrons. The van der Waals surface area contributed by atoms with E-state index in [0.29, 0.717) is 29.6 Å². The first-order valence-electron chi connectivity index (χ1n) is 8.14. The minimum Gasteiger partial charge on any atom is -0.495 e. The van der Waals surface area contributed by atoms with E-state index in [-0.39, 0.29) is 10.9 Å². The van der Waals surface area contributed by atoms with Crippen molar-refractivity contribution in [1.82, 2.24) is 9.62 Å². The molecule has 0 bridgehead atoms.